The molecule has 1 aliphatic carbocycles. The topological polar surface area (TPSA) is 20.2 Å². The Labute approximate surface area is 81.2 Å². The normalized spacial score (nSPS) is 23.4. The first kappa shape index (κ1) is 10.5. The van der Waals surface area contributed by atoms with Gasteiger partial charge in [-0.3, -0.25) is 0 Å². The van der Waals surface area contributed by atoms with Gasteiger partial charge < -0.3 is 5.11 Å². The van der Waals surface area contributed by atoms with Crippen LogP contribution in [0.1, 0.15) is 26.2 Å². The smallest absolute Gasteiger partial charge is 0.0433 e. The lowest BCUT2D eigenvalue weighted by atomic mass is 9.91. The van der Waals surface area contributed by atoms with E-state index in [0.717, 1.165) is 6.42 Å². The van der Waals surface area contributed by atoms with Crippen molar-refractivity contribution in [3.63, 3.8) is 0 Å². The minimum absolute atomic E-state index is 0.325. The second-order valence-electron chi connectivity index (χ2n) is 3.82. The van der Waals surface area contributed by atoms with Gasteiger partial charge in [-0.15, -0.1) is 0 Å². The van der Waals surface area contributed by atoms with Gasteiger partial charge in [-0.2, -0.15) is 0 Å². The van der Waals surface area contributed by atoms with E-state index in [2.05, 4.69) is 37.6 Å². The Kier molecular flexibility index (Phi) is 4.84. The fraction of sp³-hybridized carbons (Fsp3) is 0.583. The molecule has 1 N–H and O–H groups in total. The first-order valence-corrected chi connectivity index (χ1v) is 5.12. The molecule has 0 saturated heterocycles. The predicted molar refractivity (Wildman–Crippen MR) is 56.2 cm³/mol. The summed E-state index contributed by atoms with van der Waals surface area (Å²) in [6.07, 6.45) is 14.1. The van der Waals surface area contributed by atoms with E-state index in [1.807, 2.05) is 0 Å². The molecule has 0 bridgehead atoms. The molecule has 73 valence electrons. The van der Waals surface area contributed by atoms with Crippen LogP contribution in [0.5, 0.6) is 0 Å². The van der Waals surface area contributed by atoms with E-state index in [4.69, 9.17) is 5.11 Å². The van der Waals surface area contributed by atoms with Crippen LogP contribution in [-0.2, 0) is 0 Å². The van der Waals surface area contributed by atoms with Crippen molar-refractivity contribution < 1.29 is 5.11 Å². The summed E-state index contributed by atoms with van der Waals surface area (Å²) >= 11 is 0. The minimum atomic E-state index is 0.325. The molecule has 0 spiro atoms. The molecule has 2 atom stereocenters. The van der Waals surface area contributed by atoms with Crippen LogP contribution in [0.25, 0.3) is 0 Å². The predicted octanol–water partition coefficient (Wildman–Crippen LogP) is 2.73. The van der Waals surface area contributed by atoms with Gasteiger partial charge in [0.15, 0.2) is 0 Å². The van der Waals surface area contributed by atoms with Crippen LogP contribution in [0, 0.1) is 18.3 Å². The molecule has 0 saturated carbocycles. The fourth-order valence-electron chi connectivity index (χ4n) is 1.58. The lowest BCUT2D eigenvalue weighted by Gasteiger charge is -2.15. The second kappa shape index (κ2) is 5.98. The fourth-order valence-corrected chi connectivity index (χ4v) is 1.58. The van der Waals surface area contributed by atoms with Crippen molar-refractivity contribution in [1.29, 1.82) is 0 Å². The standard InChI is InChI=1S/C12H19O/c1-11(9-10-13)7-8-12-5-3-2-4-6-12/h2-6,11-13H,7-10H2,1H3. The molecule has 0 fully saturated rings. The van der Waals surface area contributed by atoms with Crippen LogP contribution in [-0.4, -0.2) is 11.7 Å². The molecule has 1 heteroatoms. The average Bonchev–Trinajstić information content (AvgIpc) is 2.17. The Bertz CT molecular complexity index is 182. The highest BCUT2D eigenvalue weighted by Crippen LogP contribution is 2.20. The van der Waals surface area contributed by atoms with Gasteiger partial charge in [-0.05, 0) is 31.1 Å². The summed E-state index contributed by atoms with van der Waals surface area (Å²) in [5, 5.41) is 8.74. The average molecular weight is 179 g/mol. The van der Waals surface area contributed by atoms with Crippen LogP contribution in [0.2, 0.25) is 0 Å². The van der Waals surface area contributed by atoms with Gasteiger partial charge in [-0.25, -0.2) is 0 Å². The summed E-state index contributed by atoms with van der Waals surface area (Å²) in [6.45, 7) is 2.53. The molecular weight excluding hydrogens is 160 g/mol. The maximum atomic E-state index is 8.74. The summed E-state index contributed by atoms with van der Waals surface area (Å²) in [7, 11) is 0. The van der Waals surface area contributed by atoms with E-state index in [-0.39, 0.29) is 0 Å². The molecule has 1 nitrogen and oxygen atoms in total. The Hall–Kier alpha value is -0.560. The Morgan fingerprint density at radius 2 is 2.08 bits per heavy atom. The van der Waals surface area contributed by atoms with E-state index in [9.17, 15) is 0 Å². The molecule has 2 unspecified atom stereocenters. The lowest BCUT2D eigenvalue weighted by molar-refractivity contribution is 0.255. The van der Waals surface area contributed by atoms with E-state index in [1.54, 1.807) is 0 Å². The van der Waals surface area contributed by atoms with Crippen LogP contribution in [0.3, 0.4) is 0 Å². The summed E-state index contributed by atoms with van der Waals surface area (Å²) < 4.78 is 0. The Morgan fingerprint density at radius 3 is 2.69 bits per heavy atom. The zero-order valence-electron chi connectivity index (χ0n) is 8.32. The third-order valence-electron chi connectivity index (χ3n) is 2.55. The van der Waals surface area contributed by atoms with Gasteiger partial charge >= 0.3 is 0 Å². The maximum absolute atomic E-state index is 8.74. The van der Waals surface area contributed by atoms with Gasteiger partial charge in [0.1, 0.15) is 0 Å². The van der Waals surface area contributed by atoms with Gasteiger partial charge in [0.05, 0.1) is 0 Å². The van der Waals surface area contributed by atoms with Crippen molar-refractivity contribution in [2.45, 2.75) is 26.2 Å². The summed E-state index contributed by atoms with van der Waals surface area (Å²) in [5.41, 5.74) is 0. The highest BCUT2D eigenvalue weighted by Gasteiger charge is 2.08. The summed E-state index contributed by atoms with van der Waals surface area (Å²) in [6, 6.07) is 0. The van der Waals surface area contributed by atoms with Crippen molar-refractivity contribution in [3.8, 4) is 0 Å². The second-order valence-corrected chi connectivity index (χ2v) is 3.82. The van der Waals surface area contributed by atoms with E-state index in [1.165, 1.54) is 12.8 Å². The molecule has 1 rings (SSSR count). The largest absolute Gasteiger partial charge is 0.396 e. The van der Waals surface area contributed by atoms with Crippen molar-refractivity contribution >= 4 is 0 Å². The molecule has 0 aliphatic heterocycles. The zero-order valence-corrected chi connectivity index (χ0v) is 8.32. The van der Waals surface area contributed by atoms with Crippen LogP contribution < -0.4 is 0 Å². The molecule has 0 amide bonds. The van der Waals surface area contributed by atoms with Crippen LogP contribution in [0.15, 0.2) is 24.3 Å². The van der Waals surface area contributed by atoms with Gasteiger partial charge in [0.2, 0.25) is 0 Å². The minimum Gasteiger partial charge on any atom is -0.396 e. The van der Waals surface area contributed by atoms with E-state index < -0.39 is 0 Å². The third kappa shape index (κ3) is 4.28. The number of hydrogen-bond acceptors (Lipinski definition) is 1. The van der Waals surface area contributed by atoms with Crippen molar-refractivity contribution in [2.24, 2.45) is 11.8 Å². The number of rotatable bonds is 5. The van der Waals surface area contributed by atoms with E-state index in [0.29, 0.717) is 18.4 Å². The highest BCUT2D eigenvalue weighted by atomic mass is 16.3. The molecule has 0 aromatic heterocycles. The first-order chi connectivity index (χ1) is 6.33. The molecule has 13 heavy (non-hydrogen) atoms. The Morgan fingerprint density at radius 1 is 1.23 bits per heavy atom. The van der Waals surface area contributed by atoms with Crippen molar-refractivity contribution in [3.05, 3.63) is 30.7 Å². The third-order valence-corrected chi connectivity index (χ3v) is 2.55. The monoisotopic (exact) mass is 179 g/mol. The SMILES string of the molecule is CC(CCO)CCC1[CH]C=CC=C1. The molecule has 0 aromatic carbocycles. The first-order valence-electron chi connectivity index (χ1n) is 5.12. The van der Waals surface area contributed by atoms with Crippen molar-refractivity contribution in [2.75, 3.05) is 6.61 Å². The Balaban J connectivity index is 2.11. The quantitative estimate of drug-likeness (QED) is 0.688. The molecular formula is C12H19O. The molecule has 1 radical (unpaired) electrons. The lowest BCUT2D eigenvalue weighted by Crippen LogP contribution is -2.04. The van der Waals surface area contributed by atoms with Crippen molar-refractivity contribution in [1.82, 2.24) is 0 Å². The summed E-state index contributed by atoms with van der Waals surface area (Å²) in [5.74, 6) is 1.27. The number of hydrogen-bond donors (Lipinski definition) is 1. The molecule has 0 heterocycles. The maximum Gasteiger partial charge on any atom is 0.0433 e. The van der Waals surface area contributed by atoms with Crippen LogP contribution >= 0.6 is 0 Å². The number of aliphatic hydroxyl groups excluding tert-OH is 1. The number of allylic oxidation sites excluding steroid dienone is 4. The van der Waals surface area contributed by atoms with Gasteiger partial charge in [0.25, 0.3) is 0 Å². The van der Waals surface area contributed by atoms with E-state index >= 15 is 0 Å². The van der Waals surface area contributed by atoms with Gasteiger partial charge in [0, 0.05) is 6.61 Å². The van der Waals surface area contributed by atoms with Crippen LogP contribution in [0.4, 0.5) is 0 Å². The summed E-state index contributed by atoms with van der Waals surface area (Å²) in [4.78, 5) is 0. The number of aliphatic hydroxyl groups is 1. The zero-order chi connectivity index (χ0) is 9.52. The molecule has 0 aromatic rings. The highest BCUT2D eigenvalue weighted by molar-refractivity contribution is 5.18. The molecule has 1 aliphatic rings. The van der Waals surface area contributed by atoms with Gasteiger partial charge in [-0.1, -0.05) is 37.6 Å².